The molecule has 1 saturated heterocycles. The Kier molecular flexibility index (Phi) is 4.17. The summed E-state index contributed by atoms with van der Waals surface area (Å²) in [6.45, 7) is 6.78. The predicted octanol–water partition coefficient (Wildman–Crippen LogP) is 3.76. The molecule has 1 unspecified atom stereocenters. The number of hydrogen-bond donors (Lipinski definition) is 1. The summed E-state index contributed by atoms with van der Waals surface area (Å²) in [4.78, 5) is 2.54. The minimum absolute atomic E-state index is 0.0260. The van der Waals surface area contributed by atoms with Gasteiger partial charge in [-0.3, -0.25) is 0 Å². The largest absolute Gasteiger partial charge is 0.487 e. The first-order valence-electron chi connectivity index (χ1n) is 7.97. The topological polar surface area (TPSA) is 38.5 Å². The minimum atomic E-state index is -0.0934. The van der Waals surface area contributed by atoms with Crippen LogP contribution in [-0.4, -0.2) is 29.6 Å². The normalized spacial score (nSPS) is 30.0. The quantitative estimate of drug-likeness (QED) is 0.858. The monoisotopic (exact) mass is 308 g/mol. The van der Waals surface area contributed by atoms with Gasteiger partial charge >= 0.3 is 0 Å². The summed E-state index contributed by atoms with van der Waals surface area (Å²) in [5.74, 6) is 0.927. The van der Waals surface area contributed by atoms with Gasteiger partial charge in [0, 0.05) is 35.6 Å². The summed E-state index contributed by atoms with van der Waals surface area (Å²) in [6.07, 6.45) is 4.22. The lowest BCUT2D eigenvalue weighted by atomic mass is 9.82. The second-order valence-electron chi connectivity index (χ2n) is 6.76. The number of rotatable bonds is 1. The molecule has 21 heavy (non-hydrogen) atoms. The zero-order valence-electron chi connectivity index (χ0n) is 12.9. The molecule has 0 amide bonds. The summed E-state index contributed by atoms with van der Waals surface area (Å²) in [6, 6.07) is 6.44. The van der Waals surface area contributed by atoms with Crippen LogP contribution in [0.2, 0.25) is 5.02 Å². The van der Waals surface area contributed by atoms with Crippen molar-refractivity contribution in [1.82, 2.24) is 4.90 Å². The lowest BCUT2D eigenvalue weighted by Crippen LogP contribution is -2.44. The molecule has 1 aromatic carbocycles. The van der Waals surface area contributed by atoms with Crippen LogP contribution in [0, 0.1) is 0 Å². The highest BCUT2D eigenvalue weighted by atomic mass is 35.5. The van der Waals surface area contributed by atoms with E-state index < -0.39 is 0 Å². The SMILES string of the molecule is CC(C)N1CCCC2(CC1)C[C@H](N)c1cc(Cl)ccc1O2. The molecule has 0 radical (unpaired) electrons. The third-order valence-electron chi connectivity index (χ3n) is 4.95. The molecule has 0 saturated carbocycles. The Hall–Kier alpha value is -0.770. The first kappa shape index (κ1) is 15.1. The van der Waals surface area contributed by atoms with Crippen LogP contribution in [0.1, 0.15) is 51.1 Å². The fourth-order valence-corrected chi connectivity index (χ4v) is 3.88. The molecule has 0 aliphatic carbocycles. The van der Waals surface area contributed by atoms with Gasteiger partial charge in [-0.25, -0.2) is 0 Å². The molecule has 2 atom stereocenters. The van der Waals surface area contributed by atoms with Crippen LogP contribution in [0.5, 0.6) is 5.75 Å². The van der Waals surface area contributed by atoms with Crippen LogP contribution in [-0.2, 0) is 0 Å². The second kappa shape index (κ2) is 5.79. The number of nitrogens with two attached hydrogens (primary N) is 1. The van der Waals surface area contributed by atoms with Crippen molar-refractivity contribution in [2.45, 2.75) is 57.2 Å². The molecular formula is C17H25ClN2O. The van der Waals surface area contributed by atoms with Crippen LogP contribution in [0.4, 0.5) is 0 Å². The van der Waals surface area contributed by atoms with Gasteiger partial charge < -0.3 is 15.4 Å². The highest BCUT2D eigenvalue weighted by Gasteiger charge is 2.41. The molecule has 1 fully saturated rings. The van der Waals surface area contributed by atoms with Crippen LogP contribution < -0.4 is 10.5 Å². The van der Waals surface area contributed by atoms with Gasteiger partial charge in [0.05, 0.1) is 0 Å². The van der Waals surface area contributed by atoms with E-state index >= 15 is 0 Å². The average Bonchev–Trinajstić information content (AvgIpc) is 2.63. The van der Waals surface area contributed by atoms with E-state index in [0.29, 0.717) is 6.04 Å². The van der Waals surface area contributed by atoms with Crippen molar-refractivity contribution in [2.75, 3.05) is 13.1 Å². The second-order valence-corrected chi connectivity index (χ2v) is 7.20. The molecule has 116 valence electrons. The van der Waals surface area contributed by atoms with Crippen molar-refractivity contribution in [2.24, 2.45) is 5.73 Å². The van der Waals surface area contributed by atoms with Crippen LogP contribution in [0.3, 0.4) is 0 Å². The average molecular weight is 309 g/mol. The highest BCUT2D eigenvalue weighted by Crippen LogP contribution is 2.44. The molecule has 4 heteroatoms. The zero-order valence-corrected chi connectivity index (χ0v) is 13.7. The Bertz CT molecular complexity index is 520. The van der Waals surface area contributed by atoms with E-state index in [0.717, 1.165) is 48.7 Å². The summed E-state index contributed by atoms with van der Waals surface area (Å²) < 4.78 is 6.43. The van der Waals surface area contributed by atoms with E-state index in [1.165, 1.54) is 6.42 Å². The van der Waals surface area contributed by atoms with Crippen molar-refractivity contribution in [3.05, 3.63) is 28.8 Å². The smallest absolute Gasteiger partial charge is 0.125 e. The number of halogens is 1. The van der Waals surface area contributed by atoms with Gasteiger partial charge in [0.15, 0.2) is 0 Å². The van der Waals surface area contributed by atoms with Gasteiger partial charge in [-0.1, -0.05) is 11.6 Å². The Morgan fingerprint density at radius 1 is 1.33 bits per heavy atom. The maximum atomic E-state index is 6.43. The van der Waals surface area contributed by atoms with E-state index in [9.17, 15) is 0 Å². The van der Waals surface area contributed by atoms with Gasteiger partial charge in [0.25, 0.3) is 0 Å². The maximum absolute atomic E-state index is 6.43. The van der Waals surface area contributed by atoms with Crippen molar-refractivity contribution < 1.29 is 4.74 Å². The first-order valence-corrected chi connectivity index (χ1v) is 8.35. The maximum Gasteiger partial charge on any atom is 0.125 e. The number of nitrogens with zero attached hydrogens (tertiary/aromatic N) is 1. The molecule has 2 N–H and O–H groups in total. The Morgan fingerprint density at radius 3 is 2.90 bits per heavy atom. The summed E-state index contributed by atoms with van der Waals surface area (Å²) in [7, 11) is 0. The van der Waals surface area contributed by atoms with Crippen LogP contribution in [0.25, 0.3) is 0 Å². The summed E-state index contributed by atoms with van der Waals surface area (Å²) >= 11 is 6.08. The van der Waals surface area contributed by atoms with Crippen LogP contribution in [0.15, 0.2) is 18.2 Å². The van der Waals surface area contributed by atoms with Crippen molar-refractivity contribution in [1.29, 1.82) is 0 Å². The van der Waals surface area contributed by atoms with E-state index in [4.69, 9.17) is 22.1 Å². The summed E-state index contributed by atoms with van der Waals surface area (Å²) in [5, 5.41) is 0.732. The Balaban J connectivity index is 1.82. The zero-order chi connectivity index (χ0) is 15.0. The fraction of sp³-hybridized carbons (Fsp3) is 0.647. The molecule has 3 rings (SSSR count). The Morgan fingerprint density at radius 2 is 2.14 bits per heavy atom. The minimum Gasteiger partial charge on any atom is -0.487 e. The third kappa shape index (κ3) is 3.05. The van der Waals surface area contributed by atoms with E-state index in [2.05, 4.69) is 18.7 Å². The molecule has 3 nitrogen and oxygen atoms in total. The van der Waals surface area contributed by atoms with Gasteiger partial charge in [-0.2, -0.15) is 0 Å². The number of hydrogen-bond acceptors (Lipinski definition) is 3. The fourth-order valence-electron chi connectivity index (χ4n) is 3.70. The van der Waals surface area contributed by atoms with Gasteiger partial charge in [0.1, 0.15) is 11.4 Å². The lowest BCUT2D eigenvalue weighted by molar-refractivity contribution is 0.0210. The van der Waals surface area contributed by atoms with Crippen molar-refractivity contribution in [3.8, 4) is 5.75 Å². The molecule has 1 aromatic rings. The van der Waals surface area contributed by atoms with E-state index in [-0.39, 0.29) is 11.6 Å². The van der Waals surface area contributed by atoms with Crippen molar-refractivity contribution >= 4 is 11.6 Å². The van der Waals surface area contributed by atoms with E-state index in [1.807, 2.05) is 18.2 Å². The number of ether oxygens (including phenoxy) is 1. The lowest BCUT2D eigenvalue weighted by Gasteiger charge is -2.41. The molecule has 2 aliphatic heterocycles. The summed E-state index contributed by atoms with van der Waals surface area (Å²) in [5.41, 5.74) is 7.37. The molecule has 2 heterocycles. The molecule has 0 aromatic heterocycles. The van der Waals surface area contributed by atoms with Gasteiger partial charge in [0.2, 0.25) is 0 Å². The van der Waals surface area contributed by atoms with Gasteiger partial charge in [-0.15, -0.1) is 0 Å². The number of likely N-dealkylation sites (tertiary alicyclic amines) is 1. The van der Waals surface area contributed by atoms with Gasteiger partial charge in [-0.05, 0) is 57.9 Å². The molecule has 2 aliphatic rings. The first-order chi connectivity index (χ1) is 9.99. The number of fused-ring (bicyclic) bond motifs is 1. The standard InChI is InChI=1S/C17H25ClN2O/c1-12(2)20-8-3-6-17(7-9-20)11-15(19)14-10-13(18)4-5-16(14)21-17/h4-5,10,12,15H,3,6-9,11,19H2,1-2H3/t15-,17?/m0/s1. The molecule has 1 spiro atoms. The Labute approximate surface area is 132 Å². The predicted molar refractivity (Wildman–Crippen MR) is 86.9 cm³/mol. The third-order valence-corrected chi connectivity index (χ3v) is 5.19. The number of benzene rings is 1. The van der Waals surface area contributed by atoms with Crippen LogP contribution >= 0.6 is 11.6 Å². The highest BCUT2D eigenvalue weighted by molar-refractivity contribution is 6.30. The van der Waals surface area contributed by atoms with Crippen molar-refractivity contribution in [3.63, 3.8) is 0 Å². The molecular weight excluding hydrogens is 284 g/mol. The van der Waals surface area contributed by atoms with E-state index in [1.54, 1.807) is 0 Å². The molecule has 0 bridgehead atoms.